The molecule has 26 heavy (non-hydrogen) atoms. The number of carbonyl (C=O) groups excluding carboxylic acids is 2. The van der Waals surface area contributed by atoms with E-state index >= 15 is 0 Å². The van der Waals surface area contributed by atoms with Gasteiger partial charge in [0, 0.05) is 20.4 Å². The summed E-state index contributed by atoms with van der Waals surface area (Å²) < 4.78 is 10.4. The third kappa shape index (κ3) is 5.19. The van der Waals surface area contributed by atoms with Gasteiger partial charge in [-0.05, 0) is 60.8 Å². The highest BCUT2D eigenvalue weighted by atomic mass is 35.5. The number of nitrogens with zero attached hydrogens (tertiary/aromatic N) is 1. The zero-order valence-electron chi connectivity index (χ0n) is 15.1. The first-order valence-corrected chi connectivity index (χ1v) is 8.67. The summed E-state index contributed by atoms with van der Waals surface area (Å²) in [4.78, 5) is 25.1. The van der Waals surface area contributed by atoms with E-state index in [0.29, 0.717) is 0 Å². The lowest BCUT2D eigenvalue weighted by Crippen LogP contribution is -2.21. The van der Waals surface area contributed by atoms with E-state index in [4.69, 9.17) is 9.47 Å². The number of hydrogen-bond donors (Lipinski definition) is 0. The Morgan fingerprint density at radius 1 is 0.923 bits per heavy atom. The molecule has 0 spiro atoms. The van der Waals surface area contributed by atoms with Crippen molar-refractivity contribution in [1.29, 1.82) is 0 Å². The van der Waals surface area contributed by atoms with Crippen LogP contribution in [0.1, 0.15) is 32.3 Å². The number of fused-ring (bicyclic) bond motifs is 1. The molecule has 140 valence electrons. The van der Waals surface area contributed by atoms with E-state index in [0.717, 1.165) is 23.7 Å². The Kier molecular flexibility index (Phi) is 7.00. The van der Waals surface area contributed by atoms with Gasteiger partial charge in [0.05, 0.1) is 0 Å². The van der Waals surface area contributed by atoms with Crippen molar-refractivity contribution in [1.82, 2.24) is 4.90 Å². The van der Waals surface area contributed by atoms with Crippen LogP contribution in [-0.2, 0) is 16.0 Å². The summed E-state index contributed by atoms with van der Waals surface area (Å²) in [6, 6.07) is 9.71. The summed E-state index contributed by atoms with van der Waals surface area (Å²) in [5.41, 5.74) is 1.24. The van der Waals surface area contributed by atoms with Crippen LogP contribution in [0.2, 0.25) is 0 Å². The van der Waals surface area contributed by atoms with Crippen molar-refractivity contribution in [2.45, 2.75) is 33.1 Å². The molecule has 0 aliphatic carbocycles. The quantitative estimate of drug-likeness (QED) is 0.586. The lowest BCUT2D eigenvalue weighted by atomic mass is 10.0. The molecule has 6 heteroatoms. The number of hydrogen-bond acceptors (Lipinski definition) is 5. The maximum absolute atomic E-state index is 11.3. The van der Waals surface area contributed by atoms with Crippen molar-refractivity contribution in [3.05, 3.63) is 35.9 Å². The van der Waals surface area contributed by atoms with Crippen molar-refractivity contribution in [3.63, 3.8) is 0 Å². The summed E-state index contributed by atoms with van der Waals surface area (Å²) in [5.74, 6) is -0.361. The summed E-state index contributed by atoms with van der Waals surface area (Å²) in [6.45, 7) is 6.09. The first kappa shape index (κ1) is 20.2. The maximum Gasteiger partial charge on any atom is 0.308 e. The van der Waals surface area contributed by atoms with E-state index < -0.39 is 11.9 Å². The molecule has 1 heterocycles. The highest BCUT2D eigenvalue weighted by Crippen LogP contribution is 2.33. The molecular weight excluding hydrogens is 354 g/mol. The second-order valence-corrected chi connectivity index (χ2v) is 6.47. The molecule has 1 saturated heterocycles. The van der Waals surface area contributed by atoms with Crippen LogP contribution in [0.3, 0.4) is 0 Å². The number of halogens is 1. The van der Waals surface area contributed by atoms with Crippen LogP contribution in [-0.4, -0.2) is 36.5 Å². The molecule has 2 aromatic rings. The minimum atomic E-state index is -0.449. The Bertz CT molecular complexity index is 800. The van der Waals surface area contributed by atoms with E-state index in [1.807, 2.05) is 6.07 Å². The predicted molar refractivity (Wildman–Crippen MR) is 103 cm³/mol. The van der Waals surface area contributed by atoms with E-state index in [2.05, 4.69) is 17.0 Å². The molecule has 0 atom stereocenters. The molecule has 2 aromatic carbocycles. The van der Waals surface area contributed by atoms with Crippen molar-refractivity contribution in [3.8, 4) is 11.5 Å². The third-order valence-corrected chi connectivity index (χ3v) is 4.39. The largest absolute Gasteiger partial charge is 0.423 e. The van der Waals surface area contributed by atoms with Gasteiger partial charge in [0.15, 0.2) is 11.5 Å². The maximum atomic E-state index is 11.3. The van der Waals surface area contributed by atoms with Gasteiger partial charge in [0.1, 0.15) is 0 Å². The Labute approximate surface area is 159 Å². The number of ether oxygens (including phenoxy) is 2. The van der Waals surface area contributed by atoms with Crippen molar-refractivity contribution in [2.24, 2.45) is 0 Å². The highest BCUT2D eigenvalue weighted by molar-refractivity contribution is 5.88. The summed E-state index contributed by atoms with van der Waals surface area (Å²) in [5, 5.41) is 1.91. The van der Waals surface area contributed by atoms with E-state index in [1.165, 1.54) is 45.3 Å². The van der Waals surface area contributed by atoms with Gasteiger partial charge in [0.25, 0.3) is 0 Å². The number of likely N-dealkylation sites (tertiary alicyclic amines) is 1. The molecule has 0 saturated carbocycles. The van der Waals surface area contributed by atoms with Gasteiger partial charge in [-0.2, -0.15) is 0 Å². The van der Waals surface area contributed by atoms with Crippen molar-refractivity contribution >= 4 is 35.1 Å². The van der Waals surface area contributed by atoms with Gasteiger partial charge in [-0.15, -0.1) is 12.4 Å². The second kappa shape index (κ2) is 9.01. The zero-order valence-corrected chi connectivity index (χ0v) is 15.9. The number of esters is 2. The van der Waals surface area contributed by atoms with Gasteiger partial charge >= 0.3 is 11.9 Å². The van der Waals surface area contributed by atoms with Crippen LogP contribution in [0.5, 0.6) is 11.5 Å². The van der Waals surface area contributed by atoms with Gasteiger partial charge in [-0.25, -0.2) is 0 Å². The van der Waals surface area contributed by atoms with Gasteiger partial charge in [0.2, 0.25) is 0 Å². The lowest BCUT2D eigenvalue weighted by molar-refractivity contribution is -0.134. The minimum Gasteiger partial charge on any atom is -0.423 e. The molecular formula is C20H24ClNO4. The van der Waals surface area contributed by atoms with Gasteiger partial charge < -0.3 is 14.4 Å². The van der Waals surface area contributed by atoms with Crippen LogP contribution in [0.15, 0.2) is 30.3 Å². The zero-order chi connectivity index (χ0) is 17.8. The molecule has 0 amide bonds. The highest BCUT2D eigenvalue weighted by Gasteiger charge is 2.14. The fraction of sp³-hybridized carbons (Fsp3) is 0.400. The van der Waals surface area contributed by atoms with Crippen molar-refractivity contribution < 1.29 is 19.1 Å². The second-order valence-electron chi connectivity index (χ2n) is 6.47. The number of benzene rings is 2. The average molecular weight is 378 g/mol. The summed E-state index contributed by atoms with van der Waals surface area (Å²) >= 11 is 0. The van der Waals surface area contributed by atoms with E-state index in [9.17, 15) is 9.59 Å². The van der Waals surface area contributed by atoms with Crippen molar-refractivity contribution in [2.75, 3.05) is 19.6 Å². The molecule has 0 aromatic heterocycles. The molecule has 0 unspecified atom stereocenters. The van der Waals surface area contributed by atoms with Crippen LogP contribution in [0, 0.1) is 0 Å². The molecule has 1 fully saturated rings. The Morgan fingerprint density at radius 3 is 2.08 bits per heavy atom. The minimum absolute atomic E-state index is 0. The first-order valence-electron chi connectivity index (χ1n) is 8.67. The Balaban J connectivity index is 0.00000243. The van der Waals surface area contributed by atoms with Crippen LogP contribution in [0.4, 0.5) is 0 Å². The van der Waals surface area contributed by atoms with Gasteiger partial charge in [-0.3, -0.25) is 9.59 Å². The fourth-order valence-corrected chi connectivity index (χ4v) is 3.22. The van der Waals surface area contributed by atoms with Gasteiger partial charge in [-0.1, -0.05) is 18.2 Å². The monoisotopic (exact) mass is 377 g/mol. The summed E-state index contributed by atoms with van der Waals surface area (Å²) in [6.07, 6.45) is 3.58. The van der Waals surface area contributed by atoms with E-state index in [1.54, 1.807) is 12.1 Å². The molecule has 1 aliphatic rings. The first-order chi connectivity index (χ1) is 12.0. The lowest BCUT2D eigenvalue weighted by Gasteiger charge is -2.15. The number of rotatable bonds is 5. The molecule has 1 aliphatic heterocycles. The average Bonchev–Trinajstić information content (AvgIpc) is 3.06. The third-order valence-electron chi connectivity index (χ3n) is 4.39. The topological polar surface area (TPSA) is 55.8 Å². The Hall–Kier alpha value is -2.11. The molecule has 0 radical (unpaired) electrons. The van der Waals surface area contributed by atoms with Crippen LogP contribution >= 0.6 is 12.4 Å². The molecule has 0 bridgehead atoms. The fourth-order valence-electron chi connectivity index (χ4n) is 3.22. The molecule has 3 rings (SSSR count). The number of carbonyl (C=O) groups is 2. The van der Waals surface area contributed by atoms with E-state index in [-0.39, 0.29) is 23.9 Å². The van der Waals surface area contributed by atoms with Crippen LogP contribution in [0.25, 0.3) is 10.8 Å². The Morgan fingerprint density at radius 2 is 1.50 bits per heavy atom. The SMILES string of the molecule is CC(=O)Oc1cc2ccc(CCN3CCCC3)cc2cc1OC(C)=O.Cl. The predicted octanol–water partition coefficient (Wildman–Crippen LogP) is 3.75. The smallest absolute Gasteiger partial charge is 0.308 e. The molecule has 0 N–H and O–H groups in total. The normalized spacial score (nSPS) is 14.1. The standard InChI is InChI=1S/C20H23NO4.ClH/c1-14(22)24-19-12-17-6-5-16(7-10-21-8-3-4-9-21)11-18(17)13-20(19)25-15(2)23;/h5-6,11-13H,3-4,7-10H2,1-2H3;1H. The summed E-state index contributed by atoms with van der Waals surface area (Å²) in [7, 11) is 0. The van der Waals surface area contributed by atoms with Crippen LogP contribution < -0.4 is 9.47 Å². The molecule has 5 nitrogen and oxygen atoms in total.